The number of carbonyl (C=O) groups excluding carboxylic acids is 1. The van der Waals surface area contributed by atoms with Crippen molar-refractivity contribution in [2.75, 3.05) is 0 Å². The van der Waals surface area contributed by atoms with Gasteiger partial charge in [-0.1, -0.05) is 57.6 Å². The standard InChI is InChI=1S/C22H31ClO2S2/c1-3-5-6-7-8-9-17-14-18-20(26-17)19(23)21(27-18)22(24)25-16-12-10-15(4-2)11-13-16/h14-16H,3-13H2,1-2H3. The Labute approximate surface area is 176 Å². The predicted molar refractivity (Wildman–Crippen MR) is 119 cm³/mol. The van der Waals surface area contributed by atoms with Gasteiger partial charge in [-0.3, -0.25) is 0 Å². The number of rotatable bonds is 9. The van der Waals surface area contributed by atoms with Crippen molar-refractivity contribution in [1.82, 2.24) is 0 Å². The number of thiophene rings is 2. The van der Waals surface area contributed by atoms with E-state index in [4.69, 9.17) is 16.3 Å². The number of halogens is 1. The van der Waals surface area contributed by atoms with Crippen LogP contribution in [0.1, 0.15) is 92.6 Å². The first-order chi connectivity index (χ1) is 13.1. The van der Waals surface area contributed by atoms with Crippen LogP contribution in [0.5, 0.6) is 0 Å². The van der Waals surface area contributed by atoms with Crippen LogP contribution in [0.15, 0.2) is 6.07 Å². The molecule has 1 saturated carbocycles. The molecule has 0 saturated heterocycles. The van der Waals surface area contributed by atoms with E-state index in [2.05, 4.69) is 19.9 Å². The predicted octanol–water partition coefficient (Wildman–Crippen LogP) is 8.25. The quantitative estimate of drug-likeness (QED) is 0.298. The van der Waals surface area contributed by atoms with Gasteiger partial charge in [-0.15, -0.1) is 22.7 Å². The Kier molecular flexibility index (Phi) is 8.04. The molecule has 0 aliphatic heterocycles. The fraction of sp³-hybridized carbons (Fsp3) is 0.682. The summed E-state index contributed by atoms with van der Waals surface area (Å²) in [5.41, 5.74) is 0. The van der Waals surface area contributed by atoms with Gasteiger partial charge in [0.05, 0.1) is 9.72 Å². The number of carbonyl (C=O) groups is 1. The summed E-state index contributed by atoms with van der Waals surface area (Å²) in [6, 6.07) is 2.22. The molecule has 1 aliphatic carbocycles. The average molecular weight is 427 g/mol. The number of unbranched alkanes of at least 4 members (excludes halogenated alkanes) is 4. The summed E-state index contributed by atoms with van der Waals surface area (Å²) >= 11 is 9.79. The highest BCUT2D eigenvalue weighted by molar-refractivity contribution is 7.29. The molecule has 2 heterocycles. The molecule has 0 atom stereocenters. The van der Waals surface area contributed by atoms with Crippen LogP contribution in [-0.4, -0.2) is 12.1 Å². The molecule has 1 fully saturated rings. The molecule has 27 heavy (non-hydrogen) atoms. The first kappa shape index (κ1) is 21.1. The number of ether oxygens (including phenoxy) is 1. The van der Waals surface area contributed by atoms with Crippen LogP contribution in [0.4, 0.5) is 0 Å². The average Bonchev–Trinajstić information content (AvgIpc) is 3.21. The zero-order chi connectivity index (χ0) is 19.2. The van der Waals surface area contributed by atoms with Crippen molar-refractivity contribution in [1.29, 1.82) is 0 Å². The van der Waals surface area contributed by atoms with E-state index in [9.17, 15) is 4.79 Å². The maximum atomic E-state index is 12.6. The Morgan fingerprint density at radius 2 is 1.85 bits per heavy atom. The van der Waals surface area contributed by atoms with Gasteiger partial charge in [-0.05, 0) is 50.5 Å². The van der Waals surface area contributed by atoms with Gasteiger partial charge in [0, 0.05) is 9.58 Å². The lowest BCUT2D eigenvalue weighted by Crippen LogP contribution is -2.24. The first-order valence-electron chi connectivity index (χ1n) is 10.5. The fourth-order valence-corrected chi connectivity index (χ4v) is 6.76. The highest BCUT2D eigenvalue weighted by atomic mass is 35.5. The van der Waals surface area contributed by atoms with Crippen LogP contribution in [0.3, 0.4) is 0 Å². The van der Waals surface area contributed by atoms with Crippen molar-refractivity contribution < 1.29 is 9.53 Å². The number of esters is 1. The van der Waals surface area contributed by atoms with Gasteiger partial charge < -0.3 is 4.74 Å². The number of aryl methyl sites for hydroxylation is 1. The van der Waals surface area contributed by atoms with E-state index in [1.807, 2.05) is 0 Å². The molecule has 1 aliphatic rings. The van der Waals surface area contributed by atoms with Crippen molar-refractivity contribution in [2.45, 2.75) is 90.6 Å². The van der Waals surface area contributed by atoms with Gasteiger partial charge >= 0.3 is 5.97 Å². The fourth-order valence-electron chi connectivity index (χ4n) is 3.93. The number of fused-ring (bicyclic) bond motifs is 1. The normalized spacial score (nSPS) is 20.3. The van der Waals surface area contributed by atoms with E-state index in [0.29, 0.717) is 9.90 Å². The molecule has 2 nitrogen and oxygen atoms in total. The Morgan fingerprint density at radius 1 is 1.11 bits per heavy atom. The zero-order valence-corrected chi connectivity index (χ0v) is 18.9. The molecule has 150 valence electrons. The lowest BCUT2D eigenvalue weighted by molar-refractivity contribution is 0.0170. The Hall–Kier alpha value is -0.580. The lowest BCUT2D eigenvalue weighted by Gasteiger charge is -2.27. The van der Waals surface area contributed by atoms with E-state index < -0.39 is 0 Å². The monoisotopic (exact) mass is 426 g/mol. The van der Waals surface area contributed by atoms with Crippen LogP contribution in [0.2, 0.25) is 5.02 Å². The maximum Gasteiger partial charge on any atom is 0.350 e. The SMILES string of the molecule is CCCCCCCc1cc2sc(C(=O)OC3CCC(CC)CC3)c(Cl)c2s1. The topological polar surface area (TPSA) is 26.3 Å². The van der Waals surface area contributed by atoms with Gasteiger partial charge in [0.2, 0.25) is 0 Å². The van der Waals surface area contributed by atoms with Crippen molar-refractivity contribution in [2.24, 2.45) is 5.92 Å². The van der Waals surface area contributed by atoms with Gasteiger partial charge in [0.15, 0.2) is 0 Å². The van der Waals surface area contributed by atoms with E-state index in [-0.39, 0.29) is 12.1 Å². The summed E-state index contributed by atoms with van der Waals surface area (Å²) in [4.78, 5) is 14.6. The third kappa shape index (κ3) is 5.48. The summed E-state index contributed by atoms with van der Waals surface area (Å²) in [6.07, 6.45) is 13.2. The second-order valence-corrected chi connectivity index (χ2v) is 10.3. The molecule has 3 rings (SSSR count). The summed E-state index contributed by atoms with van der Waals surface area (Å²) in [7, 11) is 0. The minimum Gasteiger partial charge on any atom is -0.458 e. The van der Waals surface area contributed by atoms with E-state index >= 15 is 0 Å². The molecule has 0 N–H and O–H groups in total. The lowest BCUT2D eigenvalue weighted by atomic mass is 9.86. The maximum absolute atomic E-state index is 12.6. The third-order valence-electron chi connectivity index (χ3n) is 5.72. The van der Waals surface area contributed by atoms with E-state index in [0.717, 1.165) is 34.6 Å². The number of hydrogen-bond acceptors (Lipinski definition) is 4. The summed E-state index contributed by atoms with van der Waals surface area (Å²) < 4.78 is 7.97. The van der Waals surface area contributed by atoms with Crippen LogP contribution >= 0.6 is 34.3 Å². The van der Waals surface area contributed by atoms with Crippen molar-refractivity contribution in [3.8, 4) is 0 Å². The van der Waals surface area contributed by atoms with Crippen molar-refractivity contribution >= 4 is 49.6 Å². The van der Waals surface area contributed by atoms with Gasteiger partial charge in [0.25, 0.3) is 0 Å². The van der Waals surface area contributed by atoms with Crippen LogP contribution in [0, 0.1) is 5.92 Å². The molecule has 2 aromatic rings. The number of hydrogen-bond donors (Lipinski definition) is 0. The second-order valence-electron chi connectivity index (χ2n) is 7.77. The van der Waals surface area contributed by atoms with Crippen LogP contribution < -0.4 is 0 Å². The molecule has 0 amide bonds. The van der Waals surface area contributed by atoms with Crippen molar-refractivity contribution in [3.63, 3.8) is 0 Å². The largest absolute Gasteiger partial charge is 0.458 e. The van der Waals surface area contributed by atoms with Crippen LogP contribution in [0.25, 0.3) is 9.40 Å². The highest BCUT2D eigenvalue weighted by Gasteiger charge is 2.26. The first-order valence-corrected chi connectivity index (χ1v) is 12.5. The molecular weight excluding hydrogens is 396 g/mol. The molecule has 0 spiro atoms. The Balaban J connectivity index is 1.56. The smallest absolute Gasteiger partial charge is 0.350 e. The molecule has 0 radical (unpaired) electrons. The third-order valence-corrected chi connectivity index (χ3v) is 8.78. The van der Waals surface area contributed by atoms with Crippen LogP contribution in [-0.2, 0) is 11.2 Å². The minimum absolute atomic E-state index is 0.0650. The summed E-state index contributed by atoms with van der Waals surface area (Å²) in [5.74, 6) is 0.575. The summed E-state index contributed by atoms with van der Waals surface area (Å²) in [5, 5.41) is 0.601. The molecular formula is C22H31ClO2S2. The highest BCUT2D eigenvalue weighted by Crippen LogP contribution is 2.42. The zero-order valence-electron chi connectivity index (χ0n) is 16.5. The van der Waals surface area contributed by atoms with E-state index in [1.165, 1.54) is 67.6 Å². The van der Waals surface area contributed by atoms with E-state index in [1.54, 1.807) is 11.3 Å². The summed E-state index contributed by atoms with van der Waals surface area (Å²) in [6.45, 7) is 4.49. The minimum atomic E-state index is -0.227. The molecule has 0 bridgehead atoms. The molecule has 0 unspecified atom stereocenters. The molecule has 0 aromatic carbocycles. The Morgan fingerprint density at radius 3 is 2.52 bits per heavy atom. The van der Waals surface area contributed by atoms with Gasteiger partial charge in [0.1, 0.15) is 11.0 Å². The van der Waals surface area contributed by atoms with Crippen molar-refractivity contribution in [3.05, 3.63) is 20.8 Å². The van der Waals surface area contributed by atoms with Gasteiger partial charge in [-0.2, -0.15) is 0 Å². The Bertz CT molecular complexity index is 741. The van der Waals surface area contributed by atoms with Gasteiger partial charge in [-0.25, -0.2) is 4.79 Å². The molecule has 5 heteroatoms. The molecule has 2 aromatic heterocycles. The second kappa shape index (κ2) is 10.3.